The Balaban J connectivity index is 1.82. The number of alkyl halides is 3. The van der Waals surface area contributed by atoms with Gasteiger partial charge in [0.25, 0.3) is 10.0 Å². The largest absolute Gasteiger partial charge is 0.449 e. The Kier molecular flexibility index (Phi) is 7.07. The van der Waals surface area contributed by atoms with Crippen LogP contribution < -0.4 is 9.73 Å². The molecule has 0 saturated carbocycles. The summed E-state index contributed by atoms with van der Waals surface area (Å²) in [5, 5.41) is 4.98. The van der Waals surface area contributed by atoms with Crippen LogP contribution in [0.15, 0.2) is 64.6 Å². The Labute approximate surface area is 183 Å². The first kappa shape index (κ1) is 23.6. The van der Waals surface area contributed by atoms with Crippen LogP contribution in [0.3, 0.4) is 0 Å². The van der Waals surface area contributed by atoms with E-state index >= 15 is 0 Å². The first-order valence-corrected chi connectivity index (χ1v) is 11.4. The molecule has 1 aliphatic rings. The van der Waals surface area contributed by atoms with E-state index in [0.29, 0.717) is 12.0 Å². The van der Waals surface area contributed by atoms with Crippen LogP contribution >= 0.6 is 0 Å². The van der Waals surface area contributed by atoms with Crippen molar-refractivity contribution in [3.63, 3.8) is 0 Å². The molecular formula is C21H22F3N3O4S. The molecule has 0 spiro atoms. The smallest absolute Gasteiger partial charge is 0.431 e. The molecular weight excluding hydrogens is 447 g/mol. The van der Waals surface area contributed by atoms with Gasteiger partial charge in [0.15, 0.2) is 0 Å². The van der Waals surface area contributed by atoms with Gasteiger partial charge in [-0.3, -0.25) is 5.01 Å². The molecule has 0 aliphatic carbocycles. The minimum atomic E-state index is -4.58. The van der Waals surface area contributed by atoms with E-state index in [1.165, 1.54) is 29.3 Å². The van der Waals surface area contributed by atoms with Gasteiger partial charge in [0.1, 0.15) is 5.71 Å². The second-order valence-corrected chi connectivity index (χ2v) is 8.79. The molecule has 3 rings (SSSR count). The van der Waals surface area contributed by atoms with Gasteiger partial charge in [-0.15, -0.1) is 0 Å². The molecule has 1 aliphatic heterocycles. The molecule has 0 saturated heterocycles. The van der Waals surface area contributed by atoms with Gasteiger partial charge in [0.05, 0.1) is 23.2 Å². The fraction of sp³-hybridized carbons (Fsp3) is 0.333. The molecule has 2 aromatic rings. The Morgan fingerprint density at radius 1 is 1.16 bits per heavy atom. The Hall–Kier alpha value is -3.08. The van der Waals surface area contributed by atoms with Crippen molar-refractivity contribution in [2.75, 3.05) is 11.6 Å². The van der Waals surface area contributed by atoms with E-state index in [9.17, 15) is 26.4 Å². The van der Waals surface area contributed by atoms with Gasteiger partial charge in [-0.2, -0.15) is 18.3 Å². The summed E-state index contributed by atoms with van der Waals surface area (Å²) < 4.78 is 71.3. The Bertz CT molecular complexity index is 1070. The monoisotopic (exact) mass is 469 g/mol. The highest BCUT2D eigenvalue weighted by atomic mass is 32.2. The zero-order chi connectivity index (χ0) is 23.4. The maximum Gasteiger partial charge on any atom is 0.431 e. The van der Waals surface area contributed by atoms with Crippen LogP contribution in [0.1, 0.15) is 37.8 Å². The lowest BCUT2D eigenvalue weighted by Crippen LogP contribution is -2.31. The van der Waals surface area contributed by atoms with Gasteiger partial charge in [0.2, 0.25) is 0 Å². The lowest BCUT2D eigenvalue weighted by atomic mass is 10.0. The average Bonchev–Trinajstić information content (AvgIpc) is 3.20. The van der Waals surface area contributed by atoms with Gasteiger partial charge < -0.3 is 4.74 Å². The number of nitrogens with zero attached hydrogens (tertiary/aromatic N) is 2. The number of amides is 1. The van der Waals surface area contributed by atoms with Crippen molar-refractivity contribution in [1.29, 1.82) is 0 Å². The van der Waals surface area contributed by atoms with Gasteiger partial charge in [-0.05, 0) is 36.2 Å². The number of carbonyl (C=O) groups is 1. The second-order valence-electron chi connectivity index (χ2n) is 7.11. The van der Waals surface area contributed by atoms with E-state index in [1.54, 1.807) is 35.1 Å². The molecule has 172 valence electrons. The standard InChI is InChI=1S/C21H22F3N3O4S/c1-2-3-13-31-20(28)26-32(29,30)17-11-9-16(10-12-17)27-18(15-7-5-4-6-8-15)14-19(25-27)21(22,23)24/h4-12,18H,2-3,13-14H2,1H3,(H,26,28). The number of unbranched alkanes of at least 4 members (excludes halogenated alkanes) is 1. The third-order valence-corrected chi connectivity index (χ3v) is 6.11. The molecule has 11 heteroatoms. The van der Waals surface area contributed by atoms with Crippen molar-refractivity contribution in [1.82, 2.24) is 4.72 Å². The van der Waals surface area contributed by atoms with Crippen LogP contribution in [0.5, 0.6) is 0 Å². The van der Waals surface area contributed by atoms with Crippen LogP contribution in [0.2, 0.25) is 0 Å². The number of halogens is 3. The summed E-state index contributed by atoms with van der Waals surface area (Å²) in [5.41, 5.74) is 0.00538. The normalized spacial score (nSPS) is 16.6. The molecule has 0 radical (unpaired) electrons. The average molecular weight is 469 g/mol. The number of benzene rings is 2. The molecule has 7 nitrogen and oxygen atoms in total. The third kappa shape index (κ3) is 5.58. The highest BCUT2D eigenvalue weighted by Crippen LogP contribution is 2.39. The van der Waals surface area contributed by atoms with Crippen LogP contribution in [0.25, 0.3) is 0 Å². The van der Waals surface area contributed by atoms with Crippen molar-refractivity contribution in [2.24, 2.45) is 5.10 Å². The number of rotatable bonds is 7. The lowest BCUT2D eigenvalue weighted by Gasteiger charge is -2.24. The van der Waals surface area contributed by atoms with Crippen molar-refractivity contribution >= 4 is 27.5 Å². The van der Waals surface area contributed by atoms with E-state index in [-0.39, 0.29) is 23.6 Å². The highest BCUT2D eigenvalue weighted by Gasteiger charge is 2.43. The zero-order valence-corrected chi connectivity index (χ0v) is 18.0. The summed E-state index contributed by atoms with van der Waals surface area (Å²) in [7, 11) is -4.20. The molecule has 1 unspecified atom stereocenters. The van der Waals surface area contributed by atoms with E-state index in [4.69, 9.17) is 4.74 Å². The minimum absolute atomic E-state index is 0.0895. The predicted molar refractivity (Wildman–Crippen MR) is 113 cm³/mol. The quantitative estimate of drug-likeness (QED) is 0.590. The minimum Gasteiger partial charge on any atom is -0.449 e. The van der Waals surface area contributed by atoms with Crippen LogP contribution in [0.4, 0.5) is 23.7 Å². The van der Waals surface area contributed by atoms with Gasteiger partial charge in [-0.25, -0.2) is 17.9 Å². The highest BCUT2D eigenvalue weighted by molar-refractivity contribution is 7.90. The van der Waals surface area contributed by atoms with E-state index in [1.807, 2.05) is 6.92 Å². The molecule has 1 amide bonds. The SMILES string of the molecule is CCCCOC(=O)NS(=O)(=O)c1ccc(N2N=C(C(F)(F)F)CC2c2ccccc2)cc1. The summed E-state index contributed by atoms with van der Waals surface area (Å²) >= 11 is 0. The molecule has 0 bridgehead atoms. The first-order chi connectivity index (χ1) is 15.1. The molecule has 0 fully saturated rings. The van der Waals surface area contributed by atoms with E-state index in [2.05, 4.69) is 5.10 Å². The number of hydrogen-bond acceptors (Lipinski definition) is 6. The van der Waals surface area contributed by atoms with E-state index in [0.717, 1.165) is 6.42 Å². The summed E-state index contributed by atoms with van der Waals surface area (Å²) in [4.78, 5) is 11.4. The number of hydrazone groups is 1. The van der Waals surface area contributed by atoms with E-state index < -0.39 is 34.0 Å². The van der Waals surface area contributed by atoms with Crippen LogP contribution in [-0.2, 0) is 14.8 Å². The maximum absolute atomic E-state index is 13.3. The summed E-state index contributed by atoms with van der Waals surface area (Å²) in [6.45, 7) is 1.98. The molecule has 32 heavy (non-hydrogen) atoms. The first-order valence-electron chi connectivity index (χ1n) is 9.90. The van der Waals surface area contributed by atoms with Gasteiger partial charge in [-0.1, -0.05) is 43.7 Å². The number of anilines is 1. The van der Waals surface area contributed by atoms with Crippen molar-refractivity contribution in [2.45, 2.75) is 43.3 Å². The van der Waals surface area contributed by atoms with Crippen molar-refractivity contribution in [3.8, 4) is 0 Å². The van der Waals surface area contributed by atoms with Gasteiger partial charge in [0, 0.05) is 6.42 Å². The number of sulfonamides is 1. The maximum atomic E-state index is 13.3. The second kappa shape index (κ2) is 9.60. The van der Waals surface area contributed by atoms with Crippen molar-refractivity contribution < 1.29 is 31.1 Å². The lowest BCUT2D eigenvalue weighted by molar-refractivity contribution is -0.0600. The number of nitrogens with one attached hydrogen (secondary N) is 1. The Morgan fingerprint density at radius 2 is 1.81 bits per heavy atom. The molecule has 1 N–H and O–H groups in total. The fourth-order valence-corrected chi connectivity index (χ4v) is 4.03. The van der Waals surface area contributed by atoms with Crippen molar-refractivity contribution in [3.05, 3.63) is 60.2 Å². The molecule has 0 aromatic heterocycles. The molecule has 1 atom stereocenters. The molecule has 1 heterocycles. The number of ether oxygens (including phenoxy) is 1. The topological polar surface area (TPSA) is 88.1 Å². The fourth-order valence-electron chi connectivity index (χ4n) is 3.14. The molecule has 2 aromatic carbocycles. The number of hydrogen-bond donors (Lipinski definition) is 1. The third-order valence-electron chi connectivity index (χ3n) is 4.78. The summed E-state index contributed by atoms with van der Waals surface area (Å²) in [6.07, 6.45) is -4.63. The summed E-state index contributed by atoms with van der Waals surface area (Å²) in [6, 6.07) is 13.0. The van der Waals surface area contributed by atoms with Gasteiger partial charge >= 0.3 is 12.3 Å². The Morgan fingerprint density at radius 3 is 2.41 bits per heavy atom. The number of carbonyl (C=O) groups excluding carboxylic acids is 1. The predicted octanol–water partition coefficient (Wildman–Crippen LogP) is 4.77. The van der Waals surface area contributed by atoms with Crippen LogP contribution in [0, 0.1) is 0 Å². The summed E-state index contributed by atoms with van der Waals surface area (Å²) in [5.74, 6) is 0. The zero-order valence-electron chi connectivity index (χ0n) is 17.2. The van der Waals surface area contributed by atoms with Crippen LogP contribution in [-0.4, -0.2) is 33.0 Å².